The molecule has 1 saturated heterocycles. The van der Waals surface area contributed by atoms with Crippen molar-refractivity contribution in [1.29, 1.82) is 0 Å². The highest BCUT2D eigenvalue weighted by Crippen LogP contribution is 2.28. The van der Waals surface area contributed by atoms with Gasteiger partial charge in [-0.1, -0.05) is 11.3 Å². The fraction of sp³-hybridized carbons (Fsp3) is 0.353. The molecule has 4 rings (SSSR count). The Morgan fingerprint density at radius 2 is 2.00 bits per heavy atom. The number of nitrogens with one attached hydrogen (secondary N) is 1. The fourth-order valence-electron chi connectivity index (χ4n) is 2.95. The number of amides is 1. The topological polar surface area (TPSA) is 88.8 Å². The van der Waals surface area contributed by atoms with Crippen molar-refractivity contribution in [3.63, 3.8) is 0 Å². The van der Waals surface area contributed by atoms with Crippen molar-refractivity contribution < 1.29 is 4.79 Å². The second kappa shape index (κ2) is 5.80. The van der Waals surface area contributed by atoms with E-state index in [-0.39, 0.29) is 11.8 Å². The van der Waals surface area contributed by atoms with E-state index >= 15 is 0 Å². The number of anilines is 2. The van der Waals surface area contributed by atoms with Gasteiger partial charge < -0.3 is 10.2 Å². The van der Waals surface area contributed by atoms with Crippen molar-refractivity contribution in [1.82, 2.24) is 25.0 Å². The minimum atomic E-state index is -0.0664. The number of benzene rings is 1. The van der Waals surface area contributed by atoms with Gasteiger partial charge in [-0.15, -0.1) is 5.10 Å². The number of rotatable bonds is 3. The van der Waals surface area contributed by atoms with Crippen LogP contribution in [0.3, 0.4) is 0 Å². The van der Waals surface area contributed by atoms with E-state index in [1.165, 1.54) is 17.5 Å². The molecule has 3 aromatic rings. The predicted molar refractivity (Wildman–Crippen MR) is 94.3 cm³/mol. The van der Waals surface area contributed by atoms with Crippen LogP contribution in [0.2, 0.25) is 0 Å². The average molecular weight is 337 g/mol. The molecule has 1 aliphatic heterocycles. The van der Waals surface area contributed by atoms with Crippen molar-refractivity contribution >= 4 is 28.6 Å². The maximum absolute atomic E-state index is 12.4. The monoisotopic (exact) mass is 337 g/mol. The van der Waals surface area contributed by atoms with Crippen LogP contribution in [0, 0.1) is 19.8 Å². The first kappa shape index (κ1) is 15.5. The lowest BCUT2D eigenvalue weighted by Crippen LogP contribution is -2.52. The Balaban J connectivity index is 1.44. The molecule has 1 fully saturated rings. The summed E-state index contributed by atoms with van der Waals surface area (Å²) in [5.41, 5.74) is 4.57. The fourth-order valence-corrected chi connectivity index (χ4v) is 2.95. The van der Waals surface area contributed by atoms with Gasteiger partial charge in [0.15, 0.2) is 17.0 Å². The Morgan fingerprint density at radius 1 is 1.20 bits per heavy atom. The molecule has 0 radical (unpaired) electrons. The molecule has 3 heterocycles. The van der Waals surface area contributed by atoms with Gasteiger partial charge in [-0.05, 0) is 37.1 Å². The molecule has 8 nitrogen and oxygen atoms in total. The highest BCUT2D eigenvalue weighted by atomic mass is 16.2. The highest BCUT2D eigenvalue weighted by molar-refractivity contribution is 5.95. The molecule has 0 spiro atoms. The van der Waals surface area contributed by atoms with Crippen LogP contribution in [0.5, 0.6) is 0 Å². The van der Waals surface area contributed by atoms with E-state index in [4.69, 9.17) is 0 Å². The molecule has 0 unspecified atom stereocenters. The molecule has 1 aromatic carbocycles. The highest BCUT2D eigenvalue weighted by Gasteiger charge is 2.35. The van der Waals surface area contributed by atoms with Crippen LogP contribution >= 0.6 is 0 Å². The van der Waals surface area contributed by atoms with Crippen molar-refractivity contribution in [3.05, 3.63) is 35.7 Å². The van der Waals surface area contributed by atoms with Crippen molar-refractivity contribution in [2.45, 2.75) is 13.8 Å². The third-order valence-electron chi connectivity index (χ3n) is 4.70. The maximum atomic E-state index is 12.4. The second-order valence-corrected chi connectivity index (χ2v) is 6.47. The summed E-state index contributed by atoms with van der Waals surface area (Å²) in [6.45, 7) is 5.32. The van der Waals surface area contributed by atoms with Crippen LogP contribution < -0.4 is 10.2 Å². The number of aryl methyl sites for hydroxylation is 3. The Morgan fingerprint density at radius 3 is 2.76 bits per heavy atom. The number of nitrogens with zero attached hydrogens (tertiary/aromatic N) is 6. The maximum Gasteiger partial charge on any atom is 0.231 e. The van der Waals surface area contributed by atoms with Crippen LogP contribution in [-0.4, -0.2) is 44.0 Å². The van der Waals surface area contributed by atoms with Gasteiger partial charge in [0.2, 0.25) is 5.91 Å². The van der Waals surface area contributed by atoms with Crippen LogP contribution in [0.1, 0.15) is 11.1 Å². The van der Waals surface area contributed by atoms with Gasteiger partial charge in [0.25, 0.3) is 0 Å². The van der Waals surface area contributed by atoms with Gasteiger partial charge in [-0.25, -0.2) is 14.6 Å². The van der Waals surface area contributed by atoms with E-state index in [2.05, 4.69) is 32.5 Å². The SMILES string of the molecule is Cc1ccc(NC(=O)C2CN(c3ncnc4c3nnn4C)C2)cc1C. The number of hydrogen-bond acceptors (Lipinski definition) is 6. The second-order valence-electron chi connectivity index (χ2n) is 6.47. The van der Waals surface area contributed by atoms with Crippen LogP contribution in [0.25, 0.3) is 11.2 Å². The number of aromatic nitrogens is 5. The van der Waals surface area contributed by atoms with Gasteiger partial charge in [0.1, 0.15) is 6.33 Å². The molecule has 0 atom stereocenters. The van der Waals surface area contributed by atoms with E-state index in [9.17, 15) is 4.79 Å². The largest absolute Gasteiger partial charge is 0.353 e. The number of carbonyl (C=O) groups excluding carboxylic acids is 1. The molecule has 0 aliphatic carbocycles. The minimum Gasteiger partial charge on any atom is -0.353 e. The summed E-state index contributed by atoms with van der Waals surface area (Å²) in [5, 5.41) is 11.1. The van der Waals surface area contributed by atoms with Gasteiger partial charge in [0, 0.05) is 25.8 Å². The standard InChI is InChI=1S/C17H19N7O/c1-10-4-5-13(6-11(10)2)20-17(25)12-7-24(8-12)16-14-15(18-9-19-16)23(3)22-21-14/h4-6,9,12H,7-8H2,1-3H3,(H,20,25). The van der Waals surface area contributed by atoms with Gasteiger partial charge in [0.05, 0.1) is 5.92 Å². The van der Waals surface area contributed by atoms with Crippen molar-refractivity contribution in [2.24, 2.45) is 13.0 Å². The molecule has 128 valence electrons. The molecule has 1 N–H and O–H groups in total. The van der Waals surface area contributed by atoms with Crippen molar-refractivity contribution in [2.75, 3.05) is 23.3 Å². The summed E-state index contributed by atoms with van der Waals surface area (Å²) < 4.78 is 1.62. The molecule has 25 heavy (non-hydrogen) atoms. The van der Waals surface area contributed by atoms with E-state index < -0.39 is 0 Å². The number of hydrogen-bond donors (Lipinski definition) is 1. The first-order valence-corrected chi connectivity index (χ1v) is 8.16. The summed E-state index contributed by atoms with van der Waals surface area (Å²) in [5.74, 6) is 0.695. The van der Waals surface area contributed by atoms with Crippen LogP contribution in [0.15, 0.2) is 24.5 Å². The van der Waals surface area contributed by atoms with Gasteiger partial charge in [-0.3, -0.25) is 4.79 Å². The summed E-state index contributed by atoms with van der Waals surface area (Å²) >= 11 is 0. The first-order chi connectivity index (χ1) is 12.0. The van der Waals surface area contributed by atoms with Gasteiger partial charge >= 0.3 is 0 Å². The third-order valence-corrected chi connectivity index (χ3v) is 4.70. The van der Waals surface area contributed by atoms with E-state index in [0.717, 1.165) is 11.5 Å². The lowest BCUT2D eigenvalue weighted by Gasteiger charge is -2.38. The molecule has 1 amide bonds. The summed E-state index contributed by atoms with van der Waals surface area (Å²) in [4.78, 5) is 23.0. The Bertz CT molecular complexity index is 959. The quantitative estimate of drug-likeness (QED) is 0.778. The van der Waals surface area contributed by atoms with Crippen LogP contribution in [0.4, 0.5) is 11.5 Å². The molecular weight excluding hydrogens is 318 g/mol. The Hall–Kier alpha value is -3.03. The van der Waals surface area contributed by atoms with E-state index in [0.29, 0.717) is 24.3 Å². The normalized spacial score (nSPS) is 14.6. The summed E-state index contributed by atoms with van der Waals surface area (Å²) in [6, 6.07) is 5.95. The Kier molecular flexibility index (Phi) is 3.60. The molecule has 0 bridgehead atoms. The molecule has 8 heteroatoms. The minimum absolute atomic E-state index is 0.0314. The lowest BCUT2D eigenvalue weighted by atomic mass is 9.98. The zero-order valence-corrected chi connectivity index (χ0v) is 14.4. The third kappa shape index (κ3) is 2.69. The zero-order valence-electron chi connectivity index (χ0n) is 14.4. The molecule has 2 aromatic heterocycles. The van der Waals surface area contributed by atoms with Gasteiger partial charge in [-0.2, -0.15) is 0 Å². The summed E-state index contributed by atoms with van der Waals surface area (Å²) in [6.07, 6.45) is 1.50. The number of fused-ring (bicyclic) bond motifs is 1. The lowest BCUT2D eigenvalue weighted by molar-refractivity contribution is -0.120. The smallest absolute Gasteiger partial charge is 0.231 e. The zero-order chi connectivity index (χ0) is 17.6. The van der Waals surface area contributed by atoms with Crippen LogP contribution in [-0.2, 0) is 11.8 Å². The Labute approximate surface area is 144 Å². The predicted octanol–water partition coefficient (Wildman–Crippen LogP) is 1.45. The first-order valence-electron chi connectivity index (χ1n) is 8.16. The molecular formula is C17H19N7O. The summed E-state index contributed by atoms with van der Waals surface area (Å²) in [7, 11) is 1.79. The van der Waals surface area contributed by atoms with Crippen molar-refractivity contribution in [3.8, 4) is 0 Å². The van der Waals surface area contributed by atoms with E-state index in [1.54, 1.807) is 11.7 Å². The van der Waals surface area contributed by atoms with E-state index in [1.807, 2.05) is 30.0 Å². The average Bonchev–Trinajstić information content (AvgIpc) is 2.92. The molecule has 1 aliphatic rings. The molecule has 0 saturated carbocycles. The number of carbonyl (C=O) groups is 1.